The Hall–Kier alpha value is -0.970. The summed E-state index contributed by atoms with van der Waals surface area (Å²) in [6.45, 7) is 0. The van der Waals surface area contributed by atoms with E-state index in [1.54, 1.807) is 0 Å². The van der Waals surface area contributed by atoms with E-state index in [4.69, 9.17) is 4.42 Å². The number of rotatable bonds is 0. The molecule has 0 aromatic carbocycles. The molecule has 2 heterocycles. The smallest absolute Gasteiger partial charge is 0.248 e. The van der Waals surface area contributed by atoms with E-state index in [-0.39, 0.29) is 0 Å². The lowest BCUT2D eigenvalue weighted by Crippen LogP contribution is -1.63. The molecule has 5 heteroatoms. The lowest BCUT2D eigenvalue weighted by Gasteiger charge is -1.57. The molecule has 2 aromatic rings. The van der Waals surface area contributed by atoms with Crippen molar-refractivity contribution in [3.05, 3.63) is 6.39 Å². The van der Waals surface area contributed by atoms with E-state index in [1.807, 2.05) is 0 Å². The maximum atomic E-state index is 4.84. The van der Waals surface area contributed by atoms with Crippen molar-refractivity contribution in [3.63, 3.8) is 0 Å². The standard InChI is InChI=1S/C3HN3OS/c1-4-2-3(7-1)8-6-5-2/h1H. The van der Waals surface area contributed by atoms with Crippen LogP contribution in [0.25, 0.3) is 10.5 Å². The Labute approximate surface area is 48.3 Å². The molecule has 0 aliphatic carbocycles. The fourth-order valence-electron chi connectivity index (χ4n) is 0.455. The molecular weight excluding hydrogens is 126 g/mol. The Balaban J connectivity index is 3.06. The van der Waals surface area contributed by atoms with Crippen LogP contribution in [0, 0.1) is 0 Å². The summed E-state index contributed by atoms with van der Waals surface area (Å²) >= 11 is 1.20. The summed E-state index contributed by atoms with van der Waals surface area (Å²) in [5, 5.41) is 3.64. The fraction of sp³-hybridized carbons (Fsp3) is 0. The quantitative estimate of drug-likeness (QED) is 0.522. The van der Waals surface area contributed by atoms with E-state index < -0.39 is 0 Å². The second-order valence-corrected chi connectivity index (χ2v) is 1.95. The van der Waals surface area contributed by atoms with Crippen LogP contribution in [0.3, 0.4) is 0 Å². The van der Waals surface area contributed by atoms with Gasteiger partial charge in [-0.3, -0.25) is 0 Å². The lowest BCUT2D eigenvalue weighted by atomic mass is 10.9. The van der Waals surface area contributed by atoms with Crippen molar-refractivity contribution in [2.45, 2.75) is 0 Å². The van der Waals surface area contributed by atoms with Gasteiger partial charge in [0.05, 0.1) is 0 Å². The molecule has 0 spiro atoms. The molecule has 0 fully saturated rings. The molecule has 8 heavy (non-hydrogen) atoms. The molecule has 0 radical (unpaired) electrons. The number of hydrogen-bond acceptors (Lipinski definition) is 5. The van der Waals surface area contributed by atoms with Gasteiger partial charge in [-0.15, -0.1) is 5.10 Å². The normalized spacial score (nSPS) is 10.5. The Bertz CT molecular complexity index is 236. The molecular formula is C3HN3OS. The average Bonchev–Trinajstić information content (AvgIpc) is 2.15. The minimum absolute atomic E-state index is 0.593. The maximum Gasteiger partial charge on any atom is 0.248 e. The molecule has 2 rings (SSSR count). The number of oxazole rings is 1. The summed E-state index contributed by atoms with van der Waals surface area (Å²) in [4.78, 5) is 4.43. The Morgan fingerprint density at radius 1 is 1.62 bits per heavy atom. The Morgan fingerprint density at radius 2 is 2.62 bits per heavy atom. The first-order valence-electron chi connectivity index (χ1n) is 1.98. The Kier molecular flexibility index (Phi) is 0.621. The van der Waals surface area contributed by atoms with Crippen molar-refractivity contribution in [1.82, 2.24) is 14.6 Å². The first-order valence-corrected chi connectivity index (χ1v) is 2.76. The van der Waals surface area contributed by atoms with E-state index in [0.29, 0.717) is 10.5 Å². The van der Waals surface area contributed by atoms with Crippen molar-refractivity contribution in [3.8, 4) is 0 Å². The molecule has 0 saturated carbocycles. The predicted octanol–water partition coefficient (Wildman–Crippen LogP) is 0.679. The zero-order valence-electron chi connectivity index (χ0n) is 3.74. The highest BCUT2D eigenvalue weighted by atomic mass is 32.1. The van der Waals surface area contributed by atoms with Crippen LogP contribution >= 0.6 is 11.5 Å². The fourth-order valence-corrected chi connectivity index (χ4v) is 0.908. The minimum Gasteiger partial charge on any atom is -0.429 e. The highest BCUT2D eigenvalue weighted by Gasteiger charge is 1.98. The van der Waals surface area contributed by atoms with Gasteiger partial charge >= 0.3 is 0 Å². The second kappa shape index (κ2) is 1.25. The van der Waals surface area contributed by atoms with Crippen LogP contribution in [0.15, 0.2) is 10.8 Å². The van der Waals surface area contributed by atoms with Gasteiger partial charge in [0.15, 0.2) is 6.39 Å². The number of fused-ring (bicyclic) bond motifs is 1. The maximum absolute atomic E-state index is 4.84. The number of aromatic nitrogens is 3. The van der Waals surface area contributed by atoms with Gasteiger partial charge in [-0.25, -0.2) is 0 Å². The van der Waals surface area contributed by atoms with Crippen molar-refractivity contribution in [2.24, 2.45) is 0 Å². The number of hydrogen-bond donors (Lipinski definition) is 0. The van der Waals surface area contributed by atoms with E-state index in [1.165, 1.54) is 17.9 Å². The molecule has 0 unspecified atom stereocenters. The molecule has 0 bridgehead atoms. The topological polar surface area (TPSA) is 51.8 Å². The van der Waals surface area contributed by atoms with Gasteiger partial charge in [-0.2, -0.15) is 4.98 Å². The summed E-state index contributed by atoms with van der Waals surface area (Å²) in [5.41, 5.74) is 0.593. The van der Waals surface area contributed by atoms with Crippen LogP contribution < -0.4 is 0 Å². The average molecular weight is 127 g/mol. The van der Waals surface area contributed by atoms with Gasteiger partial charge < -0.3 is 4.42 Å². The third-order valence-electron chi connectivity index (χ3n) is 0.777. The van der Waals surface area contributed by atoms with Crippen LogP contribution in [0.4, 0.5) is 0 Å². The van der Waals surface area contributed by atoms with E-state index in [9.17, 15) is 0 Å². The van der Waals surface area contributed by atoms with E-state index >= 15 is 0 Å². The third-order valence-corrected chi connectivity index (χ3v) is 1.38. The van der Waals surface area contributed by atoms with Crippen LogP contribution in [0.1, 0.15) is 0 Å². The summed E-state index contributed by atoms with van der Waals surface area (Å²) < 4.78 is 8.44. The van der Waals surface area contributed by atoms with Crippen LogP contribution in [0.5, 0.6) is 0 Å². The molecule has 0 aliphatic rings. The van der Waals surface area contributed by atoms with E-state index in [2.05, 4.69) is 14.6 Å². The van der Waals surface area contributed by atoms with Gasteiger partial charge in [-0.1, -0.05) is 4.49 Å². The summed E-state index contributed by atoms with van der Waals surface area (Å²) in [6, 6.07) is 0. The SMILES string of the molecule is c1nc2nnsc2o1. The van der Waals surface area contributed by atoms with Crippen LogP contribution in [-0.4, -0.2) is 14.6 Å². The summed E-state index contributed by atoms with van der Waals surface area (Å²) in [7, 11) is 0. The van der Waals surface area contributed by atoms with Crippen LogP contribution in [0.2, 0.25) is 0 Å². The zero-order valence-corrected chi connectivity index (χ0v) is 4.55. The third kappa shape index (κ3) is 0.362. The van der Waals surface area contributed by atoms with Crippen molar-refractivity contribution in [2.75, 3.05) is 0 Å². The minimum atomic E-state index is 0.593. The molecule has 0 N–H and O–H groups in total. The molecule has 2 aromatic heterocycles. The predicted molar refractivity (Wildman–Crippen MR) is 27.5 cm³/mol. The molecule has 4 nitrogen and oxygen atoms in total. The Morgan fingerprint density at radius 3 is 3.50 bits per heavy atom. The van der Waals surface area contributed by atoms with Gasteiger partial charge in [0, 0.05) is 11.5 Å². The first kappa shape index (κ1) is 3.96. The molecule has 0 saturated heterocycles. The van der Waals surface area contributed by atoms with Crippen molar-refractivity contribution in [1.29, 1.82) is 0 Å². The molecule has 40 valence electrons. The second-order valence-electron chi connectivity index (χ2n) is 1.24. The molecule has 0 aliphatic heterocycles. The van der Waals surface area contributed by atoms with Gasteiger partial charge in [-0.05, 0) is 0 Å². The van der Waals surface area contributed by atoms with Gasteiger partial charge in [0.25, 0.3) is 0 Å². The zero-order chi connectivity index (χ0) is 5.40. The highest BCUT2D eigenvalue weighted by Crippen LogP contribution is 2.10. The van der Waals surface area contributed by atoms with E-state index in [0.717, 1.165) is 0 Å². The summed E-state index contributed by atoms with van der Waals surface area (Å²) in [5.74, 6) is 0. The first-order chi connectivity index (χ1) is 3.97. The highest BCUT2D eigenvalue weighted by molar-refractivity contribution is 7.12. The monoisotopic (exact) mass is 127 g/mol. The lowest BCUT2D eigenvalue weighted by molar-refractivity contribution is 0.609. The number of nitrogens with zero attached hydrogens (tertiary/aromatic N) is 3. The van der Waals surface area contributed by atoms with Gasteiger partial charge in [0.2, 0.25) is 10.5 Å². The van der Waals surface area contributed by atoms with Crippen LogP contribution in [-0.2, 0) is 0 Å². The van der Waals surface area contributed by atoms with Gasteiger partial charge in [0.1, 0.15) is 0 Å². The molecule has 0 atom stereocenters. The largest absolute Gasteiger partial charge is 0.429 e. The van der Waals surface area contributed by atoms with Crippen molar-refractivity contribution >= 4 is 22.1 Å². The van der Waals surface area contributed by atoms with Crippen molar-refractivity contribution < 1.29 is 4.42 Å². The summed E-state index contributed by atoms with van der Waals surface area (Å²) in [6.07, 6.45) is 1.36. The molecule has 0 amide bonds.